The second-order valence-electron chi connectivity index (χ2n) is 6.43. The topological polar surface area (TPSA) is 84.4 Å². The maximum atomic E-state index is 11.4. The van der Waals surface area contributed by atoms with Gasteiger partial charge < -0.3 is 15.0 Å². The van der Waals surface area contributed by atoms with E-state index in [1.54, 1.807) is 24.2 Å². The molecule has 0 aliphatic carbocycles. The summed E-state index contributed by atoms with van der Waals surface area (Å²) in [6.07, 6.45) is 2.36. The van der Waals surface area contributed by atoms with E-state index in [0.717, 1.165) is 17.5 Å². The zero-order valence-electron chi connectivity index (χ0n) is 16.5. The molecule has 1 unspecified atom stereocenters. The lowest BCUT2D eigenvalue weighted by Crippen LogP contribution is -2.31. The van der Waals surface area contributed by atoms with Crippen molar-refractivity contribution in [1.29, 1.82) is 0 Å². The number of nitrogens with zero attached hydrogens (tertiary/aromatic N) is 3. The van der Waals surface area contributed by atoms with Crippen LogP contribution in [0.2, 0.25) is 0 Å². The van der Waals surface area contributed by atoms with Gasteiger partial charge in [0.25, 0.3) is 0 Å². The number of amides is 1. The van der Waals surface area contributed by atoms with Gasteiger partial charge in [-0.05, 0) is 43.0 Å². The lowest BCUT2D eigenvalue weighted by molar-refractivity contribution is -0.138. The van der Waals surface area contributed by atoms with Crippen molar-refractivity contribution in [3.63, 3.8) is 0 Å². The van der Waals surface area contributed by atoms with E-state index in [1.807, 2.05) is 31.2 Å². The Hall–Kier alpha value is -3.40. The fourth-order valence-corrected chi connectivity index (χ4v) is 2.54. The number of carbonyl (C=O) groups excluding carboxylic acids is 2. The van der Waals surface area contributed by atoms with E-state index in [1.165, 1.54) is 14.0 Å². The Bertz CT molecular complexity index is 885. The van der Waals surface area contributed by atoms with Gasteiger partial charge in [0.15, 0.2) is 0 Å². The van der Waals surface area contributed by atoms with Crippen molar-refractivity contribution in [2.24, 2.45) is 0 Å². The fraction of sp³-hybridized carbons (Fsp3) is 0.333. The van der Waals surface area contributed by atoms with Gasteiger partial charge in [0.1, 0.15) is 12.2 Å². The minimum atomic E-state index is -0.365. The van der Waals surface area contributed by atoms with Crippen molar-refractivity contribution in [3.8, 4) is 11.8 Å². The number of carbonyl (C=O) groups is 2. The summed E-state index contributed by atoms with van der Waals surface area (Å²) in [5, 5.41) is 2.87. The summed E-state index contributed by atoms with van der Waals surface area (Å²) in [5.74, 6) is 6.09. The average molecular weight is 380 g/mol. The Morgan fingerprint density at radius 2 is 1.93 bits per heavy atom. The summed E-state index contributed by atoms with van der Waals surface area (Å²) in [6.45, 7) is 3.55. The van der Waals surface area contributed by atoms with Crippen LogP contribution in [0.25, 0.3) is 0 Å². The molecule has 0 aliphatic heterocycles. The molecule has 7 nitrogen and oxygen atoms in total. The summed E-state index contributed by atoms with van der Waals surface area (Å²) in [6, 6.07) is 9.67. The maximum Gasteiger partial charge on any atom is 0.325 e. The Morgan fingerprint density at radius 1 is 1.21 bits per heavy atom. The Labute approximate surface area is 165 Å². The lowest BCUT2D eigenvalue weighted by atomic mass is 10.1. The average Bonchev–Trinajstić information content (AvgIpc) is 2.67. The first-order valence-corrected chi connectivity index (χ1v) is 8.86. The molecule has 0 spiro atoms. The molecule has 1 aromatic heterocycles. The second-order valence-corrected chi connectivity index (χ2v) is 6.43. The van der Waals surface area contributed by atoms with Crippen molar-refractivity contribution in [1.82, 2.24) is 15.3 Å². The zero-order valence-corrected chi connectivity index (χ0v) is 16.5. The number of nitrogens with one attached hydrogen (secondary N) is 1. The predicted octanol–water partition coefficient (Wildman–Crippen LogP) is 1.55. The van der Waals surface area contributed by atoms with Crippen LogP contribution in [-0.2, 0) is 20.7 Å². The highest BCUT2D eigenvalue weighted by Crippen LogP contribution is 2.08. The van der Waals surface area contributed by atoms with Crippen LogP contribution < -0.4 is 10.2 Å². The number of likely N-dealkylation sites (N-methyl/N-ethyl adjacent to an activating group) is 1. The third-order valence-electron chi connectivity index (χ3n) is 3.86. The number of rotatable bonds is 6. The molecule has 0 saturated carbocycles. The van der Waals surface area contributed by atoms with Crippen molar-refractivity contribution in [3.05, 3.63) is 53.3 Å². The van der Waals surface area contributed by atoms with E-state index in [0.29, 0.717) is 11.6 Å². The number of anilines is 1. The third-order valence-corrected chi connectivity index (χ3v) is 3.86. The Morgan fingerprint density at radius 3 is 2.57 bits per heavy atom. The van der Waals surface area contributed by atoms with Crippen molar-refractivity contribution < 1.29 is 14.3 Å². The summed E-state index contributed by atoms with van der Waals surface area (Å²) >= 11 is 0. The lowest BCUT2D eigenvalue weighted by Gasteiger charge is -2.14. The van der Waals surface area contributed by atoms with Gasteiger partial charge in [0, 0.05) is 31.8 Å². The van der Waals surface area contributed by atoms with E-state index < -0.39 is 0 Å². The molecule has 1 N–H and O–H groups in total. The molecule has 1 amide bonds. The van der Waals surface area contributed by atoms with Gasteiger partial charge in [-0.25, -0.2) is 9.97 Å². The van der Waals surface area contributed by atoms with Gasteiger partial charge in [-0.3, -0.25) is 9.59 Å². The number of esters is 1. The summed E-state index contributed by atoms with van der Waals surface area (Å²) in [4.78, 5) is 32.6. The van der Waals surface area contributed by atoms with Crippen LogP contribution in [0.15, 0.2) is 36.5 Å². The molecule has 1 atom stereocenters. The molecule has 0 fully saturated rings. The second kappa shape index (κ2) is 10.1. The van der Waals surface area contributed by atoms with Crippen LogP contribution >= 0.6 is 0 Å². The van der Waals surface area contributed by atoms with Crippen molar-refractivity contribution >= 4 is 17.8 Å². The van der Waals surface area contributed by atoms with Gasteiger partial charge in [0.05, 0.1) is 7.11 Å². The number of aromatic nitrogens is 2. The first kappa shape index (κ1) is 20.9. The quantitative estimate of drug-likeness (QED) is 0.605. The molecule has 0 bridgehead atoms. The van der Waals surface area contributed by atoms with Gasteiger partial charge in [-0.2, -0.15) is 0 Å². The highest BCUT2D eigenvalue weighted by atomic mass is 16.5. The maximum absolute atomic E-state index is 11.4. The monoisotopic (exact) mass is 380 g/mol. The summed E-state index contributed by atoms with van der Waals surface area (Å²) < 4.78 is 4.65. The normalized spacial score (nSPS) is 11.0. The molecule has 2 aromatic rings. The third kappa shape index (κ3) is 6.72. The van der Waals surface area contributed by atoms with Gasteiger partial charge in [0.2, 0.25) is 11.9 Å². The van der Waals surface area contributed by atoms with Crippen LogP contribution in [0, 0.1) is 11.8 Å². The highest BCUT2D eigenvalue weighted by molar-refractivity contribution is 5.74. The molecule has 1 aromatic carbocycles. The van der Waals surface area contributed by atoms with E-state index >= 15 is 0 Å². The van der Waals surface area contributed by atoms with Crippen LogP contribution in [0.5, 0.6) is 0 Å². The summed E-state index contributed by atoms with van der Waals surface area (Å²) in [7, 11) is 3.05. The smallest absolute Gasteiger partial charge is 0.325 e. The van der Waals surface area contributed by atoms with Crippen molar-refractivity contribution in [2.75, 3.05) is 25.6 Å². The number of hydrogen-bond acceptors (Lipinski definition) is 6. The summed E-state index contributed by atoms with van der Waals surface area (Å²) in [5.41, 5.74) is 2.55. The van der Waals surface area contributed by atoms with Crippen molar-refractivity contribution in [2.45, 2.75) is 26.3 Å². The molecular weight excluding hydrogens is 356 g/mol. The minimum absolute atomic E-state index is 0.0311. The molecule has 28 heavy (non-hydrogen) atoms. The predicted molar refractivity (Wildman–Crippen MR) is 107 cm³/mol. The van der Waals surface area contributed by atoms with Crippen LogP contribution in [0.1, 0.15) is 30.7 Å². The number of benzene rings is 1. The number of ether oxygens (including phenoxy) is 1. The molecular formula is C21H24N4O3. The molecule has 7 heteroatoms. The first-order valence-electron chi connectivity index (χ1n) is 8.86. The van der Waals surface area contributed by atoms with E-state index in [4.69, 9.17) is 0 Å². The zero-order chi connectivity index (χ0) is 20.5. The molecule has 1 heterocycles. The van der Waals surface area contributed by atoms with Gasteiger partial charge >= 0.3 is 5.97 Å². The molecule has 0 aliphatic rings. The minimum Gasteiger partial charge on any atom is -0.468 e. The number of hydrogen-bond donors (Lipinski definition) is 1. The van der Waals surface area contributed by atoms with E-state index in [9.17, 15) is 9.59 Å². The van der Waals surface area contributed by atoms with Gasteiger partial charge in [-0.1, -0.05) is 18.1 Å². The first-order chi connectivity index (χ1) is 13.4. The highest BCUT2D eigenvalue weighted by Gasteiger charge is 2.10. The largest absolute Gasteiger partial charge is 0.468 e. The van der Waals surface area contributed by atoms with Crippen LogP contribution in [0.3, 0.4) is 0 Å². The fourth-order valence-electron chi connectivity index (χ4n) is 2.54. The SMILES string of the molecule is COC(=O)CN(C)c1nccc(C#Cc2ccc(CC(C)NC(C)=O)cc2)n1. The number of methoxy groups -OCH3 is 1. The Balaban J connectivity index is 2.04. The van der Waals surface area contributed by atoms with E-state index in [-0.39, 0.29) is 24.5 Å². The molecule has 0 saturated heterocycles. The molecule has 0 radical (unpaired) electrons. The molecule has 146 valence electrons. The van der Waals surface area contributed by atoms with Gasteiger partial charge in [-0.15, -0.1) is 0 Å². The van der Waals surface area contributed by atoms with Crippen LogP contribution in [0.4, 0.5) is 5.95 Å². The standard InChI is InChI=1S/C21H24N4O3/c1-15(23-16(2)26)13-18-7-5-17(6-8-18)9-10-19-11-12-22-21(24-19)25(3)14-20(27)28-4/h5-8,11-12,15H,13-14H2,1-4H3,(H,23,26). The Kier molecular flexibility index (Phi) is 7.52. The van der Waals surface area contributed by atoms with Crippen LogP contribution in [-0.4, -0.2) is 48.6 Å². The van der Waals surface area contributed by atoms with E-state index in [2.05, 4.69) is 31.9 Å². The molecule has 2 rings (SSSR count).